The highest BCUT2D eigenvalue weighted by molar-refractivity contribution is 7.99. The molecule has 0 unspecified atom stereocenters. The SMILES string of the molecule is COc1ccc(SCCCC(=O)Nc2nnc(-c3ccc4c(c3)CCCC4)o2)cc1. The predicted molar refractivity (Wildman–Crippen MR) is 118 cm³/mol. The maximum atomic E-state index is 12.2. The molecule has 0 fully saturated rings. The molecule has 0 spiro atoms. The Morgan fingerprint density at radius 3 is 2.70 bits per heavy atom. The number of methoxy groups -OCH3 is 1. The van der Waals surface area contributed by atoms with Gasteiger partial charge < -0.3 is 9.15 Å². The summed E-state index contributed by atoms with van der Waals surface area (Å²) in [6.07, 6.45) is 5.86. The molecule has 1 aromatic heterocycles. The van der Waals surface area contributed by atoms with E-state index in [0.717, 1.165) is 41.2 Å². The summed E-state index contributed by atoms with van der Waals surface area (Å²) in [5, 5.41) is 10.8. The predicted octanol–water partition coefficient (Wildman–Crippen LogP) is 5.14. The molecule has 2 aromatic carbocycles. The van der Waals surface area contributed by atoms with E-state index >= 15 is 0 Å². The van der Waals surface area contributed by atoms with E-state index in [2.05, 4.69) is 27.6 Å². The maximum Gasteiger partial charge on any atom is 0.322 e. The number of thioether (sulfide) groups is 1. The lowest BCUT2D eigenvalue weighted by Gasteiger charge is -2.15. The summed E-state index contributed by atoms with van der Waals surface area (Å²) >= 11 is 1.71. The summed E-state index contributed by atoms with van der Waals surface area (Å²) in [5.41, 5.74) is 3.67. The van der Waals surface area contributed by atoms with Crippen LogP contribution in [0.2, 0.25) is 0 Å². The smallest absolute Gasteiger partial charge is 0.322 e. The lowest BCUT2D eigenvalue weighted by Crippen LogP contribution is -2.11. The first-order valence-electron chi connectivity index (χ1n) is 10.2. The molecule has 0 bridgehead atoms. The molecule has 4 rings (SSSR count). The van der Waals surface area contributed by atoms with E-state index in [0.29, 0.717) is 12.3 Å². The van der Waals surface area contributed by atoms with Gasteiger partial charge in [-0.2, -0.15) is 0 Å². The molecule has 0 aliphatic heterocycles. The van der Waals surface area contributed by atoms with E-state index in [1.807, 2.05) is 30.3 Å². The van der Waals surface area contributed by atoms with Gasteiger partial charge in [-0.1, -0.05) is 11.2 Å². The molecular formula is C23H25N3O3S. The van der Waals surface area contributed by atoms with Crippen LogP contribution in [0.5, 0.6) is 5.75 Å². The Morgan fingerprint density at radius 1 is 1.10 bits per heavy atom. The standard InChI is InChI=1S/C23H25N3O3S/c1-28-19-10-12-20(13-11-19)30-14-4-7-21(27)24-23-26-25-22(29-23)18-9-8-16-5-2-3-6-17(16)15-18/h8-13,15H,2-7,14H2,1H3,(H,24,26,27). The van der Waals surface area contributed by atoms with Gasteiger partial charge in [0.1, 0.15) is 5.75 Å². The molecule has 6 nitrogen and oxygen atoms in total. The summed E-state index contributed by atoms with van der Waals surface area (Å²) < 4.78 is 10.8. The number of hydrogen-bond acceptors (Lipinski definition) is 6. The van der Waals surface area contributed by atoms with E-state index in [-0.39, 0.29) is 11.9 Å². The molecule has 156 valence electrons. The zero-order valence-corrected chi connectivity index (χ0v) is 17.8. The first-order valence-corrected chi connectivity index (χ1v) is 11.2. The average Bonchev–Trinajstić information content (AvgIpc) is 3.25. The number of anilines is 1. The van der Waals surface area contributed by atoms with Gasteiger partial charge >= 0.3 is 6.01 Å². The van der Waals surface area contributed by atoms with Gasteiger partial charge in [0.25, 0.3) is 0 Å². The van der Waals surface area contributed by atoms with E-state index < -0.39 is 0 Å². The molecule has 0 atom stereocenters. The van der Waals surface area contributed by atoms with Gasteiger partial charge in [0.05, 0.1) is 7.11 Å². The third-order valence-electron chi connectivity index (χ3n) is 5.14. The van der Waals surface area contributed by atoms with Crippen molar-refractivity contribution in [3.05, 3.63) is 53.6 Å². The average molecular weight is 424 g/mol. The number of aromatic nitrogens is 2. The quantitative estimate of drug-likeness (QED) is 0.399. The summed E-state index contributed by atoms with van der Waals surface area (Å²) in [4.78, 5) is 13.3. The zero-order chi connectivity index (χ0) is 20.8. The second kappa shape index (κ2) is 9.80. The molecule has 7 heteroatoms. The van der Waals surface area contributed by atoms with Crippen LogP contribution in [0, 0.1) is 0 Å². The fraction of sp³-hybridized carbons (Fsp3) is 0.348. The topological polar surface area (TPSA) is 77.2 Å². The Kier molecular flexibility index (Phi) is 6.69. The fourth-order valence-corrected chi connectivity index (χ4v) is 4.39. The van der Waals surface area contributed by atoms with Crippen LogP contribution in [-0.2, 0) is 17.6 Å². The molecule has 3 aromatic rings. The van der Waals surface area contributed by atoms with Crippen molar-refractivity contribution < 1.29 is 13.9 Å². The second-order valence-corrected chi connectivity index (χ2v) is 8.45. The highest BCUT2D eigenvalue weighted by Gasteiger charge is 2.15. The van der Waals surface area contributed by atoms with Crippen molar-refractivity contribution in [1.82, 2.24) is 10.2 Å². The van der Waals surface area contributed by atoms with Crippen molar-refractivity contribution >= 4 is 23.7 Å². The van der Waals surface area contributed by atoms with Crippen molar-refractivity contribution in [2.45, 2.75) is 43.4 Å². The third-order valence-corrected chi connectivity index (χ3v) is 6.24. The Hall–Kier alpha value is -2.80. The summed E-state index contributed by atoms with van der Waals surface area (Å²) in [6, 6.07) is 14.3. The van der Waals surface area contributed by atoms with Crippen LogP contribution in [0.3, 0.4) is 0 Å². The molecule has 0 saturated carbocycles. The first kappa shape index (κ1) is 20.5. The molecule has 1 aliphatic rings. The van der Waals surface area contributed by atoms with Crippen molar-refractivity contribution in [3.8, 4) is 17.2 Å². The molecule has 1 amide bonds. The minimum Gasteiger partial charge on any atom is -0.497 e. The Morgan fingerprint density at radius 2 is 1.90 bits per heavy atom. The van der Waals surface area contributed by atoms with Crippen molar-refractivity contribution in [3.63, 3.8) is 0 Å². The van der Waals surface area contributed by atoms with Crippen molar-refractivity contribution in [2.24, 2.45) is 0 Å². The highest BCUT2D eigenvalue weighted by atomic mass is 32.2. The number of amides is 1. The number of ether oxygens (including phenoxy) is 1. The fourth-order valence-electron chi connectivity index (χ4n) is 3.53. The Balaban J connectivity index is 1.24. The second-order valence-electron chi connectivity index (χ2n) is 7.28. The van der Waals surface area contributed by atoms with Crippen LogP contribution in [-0.4, -0.2) is 29.0 Å². The number of fused-ring (bicyclic) bond motifs is 1. The molecule has 0 saturated heterocycles. The van der Waals surface area contributed by atoms with Crippen LogP contribution in [0.15, 0.2) is 51.8 Å². The molecule has 1 aliphatic carbocycles. The lowest BCUT2D eigenvalue weighted by atomic mass is 9.90. The highest BCUT2D eigenvalue weighted by Crippen LogP contribution is 2.27. The summed E-state index contributed by atoms with van der Waals surface area (Å²) in [6.45, 7) is 0. The third kappa shape index (κ3) is 5.21. The number of hydrogen-bond donors (Lipinski definition) is 1. The van der Waals surface area contributed by atoms with Gasteiger partial charge in [0.15, 0.2) is 0 Å². The van der Waals surface area contributed by atoms with E-state index in [1.54, 1.807) is 18.9 Å². The van der Waals surface area contributed by atoms with Crippen LogP contribution in [0.1, 0.15) is 36.8 Å². The molecule has 30 heavy (non-hydrogen) atoms. The molecule has 0 radical (unpaired) electrons. The summed E-state index contributed by atoms with van der Waals surface area (Å²) in [7, 11) is 1.65. The van der Waals surface area contributed by atoms with E-state index in [4.69, 9.17) is 9.15 Å². The lowest BCUT2D eigenvalue weighted by molar-refractivity contribution is -0.116. The number of nitrogens with zero attached hydrogens (tertiary/aromatic N) is 2. The van der Waals surface area contributed by atoms with Crippen molar-refractivity contribution in [1.29, 1.82) is 0 Å². The van der Waals surface area contributed by atoms with Gasteiger partial charge in [-0.05, 0) is 85.4 Å². The molecular weight excluding hydrogens is 398 g/mol. The zero-order valence-electron chi connectivity index (χ0n) is 17.0. The number of carbonyl (C=O) groups is 1. The first-order chi connectivity index (χ1) is 14.7. The minimum atomic E-state index is -0.119. The van der Waals surface area contributed by atoms with Gasteiger partial charge in [-0.3, -0.25) is 10.1 Å². The van der Waals surface area contributed by atoms with E-state index in [1.165, 1.54) is 24.0 Å². The summed E-state index contributed by atoms with van der Waals surface area (Å²) in [5.74, 6) is 2.01. The van der Waals surface area contributed by atoms with Crippen LogP contribution in [0.4, 0.5) is 6.01 Å². The Bertz CT molecular complexity index is 1000. The van der Waals surface area contributed by atoms with Gasteiger partial charge in [0.2, 0.25) is 11.8 Å². The number of aryl methyl sites for hydroxylation is 2. The monoisotopic (exact) mass is 423 g/mol. The minimum absolute atomic E-state index is 0.119. The maximum absolute atomic E-state index is 12.2. The van der Waals surface area contributed by atoms with E-state index in [9.17, 15) is 4.79 Å². The number of benzene rings is 2. The number of carbonyl (C=O) groups excluding carboxylic acids is 1. The van der Waals surface area contributed by atoms with Gasteiger partial charge in [-0.25, -0.2) is 0 Å². The Labute approximate surface area is 180 Å². The molecule has 1 heterocycles. The number of rotatable bonds is 8. The van der Waals surface area contributed by atoms with Crippen LogP contribution in [0.25, 0.3) is 11.5 Å². The largest absolute Gasteiger partial charge is 0.497 e. The van der Waals surface area contributed by atoms with Crippen LogP contribution >= 0.6 is 11.8 Å². The van der Waals surface area contributed by atoms with Crippen molar-refractivity contribution in [2.75, 3.05) is 18.2 Å². The normalized spacial score (nSPS) is 13.0. The van der Waals surface area contributed by atoms with Crippen LogP contribution < -0.4 is 10.1 Å². The molecule has 1 N–H and O–H groups in total. The van der Waals surface area contributed by atoms with Gasteiger partial charge in [-0.15, -0.1) is 16.9 Å². The van der Waals surface area contributed by atoms with Gasteiger partial charge in [0, 0.05) is 16.9 Å². The number of nitrogens with one attached hydrogen (secondary N) is 1.